The molecule has 3 aromatic rings. The molecule has 7 nitrogen and oxygen atoms in total. The molecule has 6 atom stereocenters. The molecule has 11 heteroatoms. The van der Waals surface area contributed by atoms with Crippen LogP contribution in [-0.2, 0) is 25.7 Å². The van der Waals surface area contributed by atoms with Gasteiger partial charge in [0.25, 0.3) is 0 Å². The van der Waals surface area contributed by atoms with Crippen molar-refractivity contribution in [2.45, 2.75) is 32.2 Å². The summed E-state index contributed by atoms with van der Waals surface area (Å²) in [6.07, 6.45) is 2.36. The molecule has 3 fully saturated rings. The molecule has 7 rings (SSSR count). The lowest BCUT2D eigenvalue weighted by Gasteiger charge is -2.49. The molecule has 4 amide bonds. The summed E-state index contributed by atoms with van der Waals surface area (Å²) in [5.41, 5.74) is -0.147. The van der Waals surface area contributed by atoms with Gasteiger partial charge in [0.1, 0.15) is 11.6 Å². The third-order valence-electron chi connectivity index (χ3n) is 9.72. The van der Waals surface area contributed by atoms with Gasteiger partial charge < -0.3 is 5.11 Å². The Labute approximate surface area is 260 Å². The first-order valence-corrected chi connectivity index (χ1v) is 15.5. The molecule has 0 bridgehead atoms. The first-order chi connectivity index (χ1) is 20.5. The lowest BCUT2D eigenvalue weighted by atomic mass is 9.51. The Morgan fingerprint density at radius 2 is 1.81 bits per heavy atom. The number of imide groups is 2. The number of anilines is 1. The van der Waals surface area contributed by atoms with Crippen LogP contribution in [0, 0.1) is 34.9 Å². The van der Waals surface area contributed by atoms with Gasteiger partial charge in [0.05, 0.1) is 40.4 Å². The zero-order valence-corrected chi connectivity index (χ0v) is 25.1. The second-order valence-electron chi connectivity index (χ2n) is 11.8. The van der Waals surface area contributed by atoms with Crippen molar-refractivity contribution in [3.05, 3.63) is 91.9 Å². The number of rotatable bonds is 4. The topological polar surface area (TPSA) is 95.0 Å². The number of hydrogen-bond acceptors (Lipinski definition) is 6. The average molecular weight is 640 g/mol. The minimum atomic E-state index is -1.38. The van der Waals surface area contributed by atoms with E-state index in [0.717, 1.165) is 21.4 Å². The quantitative estimate of drug-likeness (QED) is 0.266. The molecule has 43 heavy (non-hydrogen) atoms. The summed E-state index contributed by atoms with van der Waals surface area (Å²) >= 11 is 13.9. The highest BCUT2D eigenvalue weighted by Crippen LogP contribution is 2.64. The lowest BCUT2D eigenvalue weighted by Crippen LogP contribution is -2.48. The van der Waals surface area contributed by atoms with E-state index in [1.807, 2.05) is 23.6 Å². The molecular weight excluding hydrogens is 614 g/mol. The van der Waals surface area contributed by atoms with Gasteiger partial charge >= 0.3 is 0 Å². The van der Waals surface area contributed by atoms with Gasteiger partial charge in [0.2, 0.25) is 23.6 Å². The number of thiophene rings is 1. The normalized spacial score (nSPS) is 30.0. The maximum absolute atomic E-state index is 14.4. The van der Waals surface area contributed by atoms with Crippen LogP contribution in [-0.4, -0.2) is 33.6 Å². The van der Waals surface area contributed by atoms with Gasteiger partial charge in [-0.2, -0.15) is 0 Å². The van der Waals surface area contributed by atoms with Gasteiger partial charge in [-0.1, -0.05) is 40.9 Å². The molecule has 0 radical (unpaired) electrons. The molecule has 3 heterocycles. The number of halogens is 3. The third kappa shape index (κ3) is 4.05. The number of carbonyl (C=O) groups is 4. The number of hydrogen-bond donors (Lipinski definition) is 1. The van der Waals surface area contributed by atoms with Crippen molar-refractivity contribution < 1.29 is 28.7 Å². The van der Waals surface area contributed by atoms with Crippen molar-refractivity contribution in [2.75, 3.05) is 4.90 Å². The highest BCUT2D eigenvalue weighted by Gasteiger charge is 2.68. The number of fused-ring (bicyclic) bond motifs is 4. The zero-order chi connectivity index (χ0) is 30.4. The molecular formula is C32H25Cl2FN2O5S. The van der Waals surface area contributed by atoms with Crippen LogP contribution in [0.4, 0.5) is 10.1 Å². The molecule has 4 aliphatic rings. The van der Waals surface area contributed by atoms with Gasteiger partial charge in [0.15, 0.2) is 0 Å². The molecule has 1 saturated carbocycles. The third-order valence-corrected chi connectivity index (χ3v) is 11.1. The number of likely N-dealkylation sites (tertiary alicyclic amines) is 1. The maximum atomic E-state index is 14.4. The maximum Gasteiger partial charge on any atom is 0.241 e. The summed E-state index contributed by atoms with van der Waals surface area (Å²) in [5.74, 6) is -5.90. The van der Waals surface area contributed by atoms with E-state index in [1.54, 1.807) is 13.0 Å². The van der Waals surface area contributed by atoms with Gasteiger partial charge in [-0.15, -0.1) is 11.3 Å². The standard InChI is InChI=1S/C32H25Cl2FN2O5S/c1-32-22(29(40)37(31(32)42)16-5-8-24(35)23(34)12-16)13-20-18(27(32)21-11-15(33)4-9-25(21)38)6-7-19-26(20)30(41)36(28(19)39)14-17-3-2-10-43-17/h2-6,8-12,19-20,22,26-27,38H,7,13-14H2,1H3/t19-,20+,22-,26-,27+,32+/m0/s1. The number of benzene rings is 2. The predicted molar refractivity (Wildman–Crippen MR) is 159 cm³/mol. The SMILES string of the molecule is C[C@@]12C(=O)N(c3ccc(F)c(Cl)c3)C(=O)[C@@H]1C[C@@H]1C(=CC[C@@H]3C(=O)N(Cc4cccs4)C(=O)[C@@H]31)[C@@H]2c1cc(Cl)ccc1O. The summed E-state index contributed by atoms with van der Waals surface area (Å²) in [5, 5.41) is 13.1. The van der Waals surface area contributed by atoms with E-state index in [9.17, 15) is 28.7 Å². The second-order valence-corrected chi connectivity index (χ2v) is 13.7. The highest BCUT2D eigenvalue weighted by atomic mass is 35.5. The number of phenolic OH excluding ortho intramolecular Hbond substituents is 1. The monoisotopic (exact) mass is 638 g/mol. The number of amides is 4. The molecule has 2 aliphatic heterocycles. The predicted octanol–water partition coefficient (Wildman–Crippen LogP) is 6.33. The Balaban J connectivity index is 1.36. The fourth-order valence-corrected chi connectivity index (χ4v) is 8.81. The number of phenols is 1. The van der Waals surface area contributed by atoms with E-state index in [2.05, 4.69) is 0 Å². The van der Waals surface area contributed by atoms with Crippen LogP contribution in [0.25, 0.3) is 0 Å². The molecule has 1 N–H and O–H groups in total. The van der Waals surface area contributed by atoms with Crippen LogP contribution in [0.2, 0.25) is 10.0 Å². The van der Waals surface area contributed by atoms with Gasteiger partial charge in [0, 0.05) is 21.4 Å². The summed E-state index contributed by atoms with van der Waals surface area (Å²) in [6.45, 7) is 1.88. The Morgan fingerprint density at radius 1 is 1.02 bits per heavy atom. The van der Waals surface area contributed by atoms with Crippen molar-refractivity contribution in [1.82, 2.24) is 4.90 Å². The van der Waals surface area contributed by atoms with Crippen LogP contribution in [0.1, 0.15) is 36.1 Å². The minimum Gasteiger partial charge on any atom is -0.508 e. The first-order valence-electron chi connectivity index (χ1n) is 13.9. The van der Waals surface area contributed by atoms with Crippen LogP contribution < -0.4 is 4.90 Å². The smallest absolute Gasteiger partial charge is 0.241 e. The second kappa shape index (κ2) is 10.0. The van der Waals surface area contributed by atoms with E-state index in [-0.39, 0.29) is 41.2 Å². The average Bonchev–Trinajstić information content (AvgIpc) is 3.63. The Hall–Kier alpha value is -3.53. The Kier molecular flexibility index (Phi) is 6.57. The number of aromatic hydroxyl groups is 1. The van der Waals surface area contributed by atoms with Gasteiger partial charge in [-0.3, -0.25) is 24.1 Å². The van der Waals surface area contributed by atoms with Crippen LogP contribution in [0.3, 0.4) is 0 Å². The van der Waals surface area contributed by atoms with Gasteiger partial charge in [-0.05, 0) is 73.5 Å². The molecule has 220 valence electrons. The molecule has 0 spiro atoms. The molecule has 0 unspecified atom stereocenters. The Morgan fingerprint density at radius 3 is 2.53 bits per heavy atom. The fraction of sp³-hybridized carbons (Fsp3) is 0.312. The van der Waals surface area contributed by atoms with Crippen molar-refractivity contribution in [2.24, 2.45) is 29.1 Å². The number of allylic oxidation sites excluding steroid dienone is 2. The first kappa shape index (κ1) is 28.3. The summed E-state index contributed by atoms with van der Waals surface area (Å²) in [4.78, 5) is 59.3. The molecule has 2 aliphatic carbocycles. The van der Waals surface area contributed by atoms with Crippen molar-refractivity contribution in [3.63, 3.8) is 0 Å². The van der Waals surface area contributed by atoms with Crippen LogP contribution >= 0.6 is 34.5 Å². The highest BCUT2D eigenvalue weighted by molar-refractivity contribution is 7.09. The van der Waals surface area contributed by atoms with Crippen molar-refractivity contribution >= 4 is 63.9 Å². The lowest BCUT2D eigenvalue weighted by molar-refractivity contribution is -0.141. The van der Waals surface area contributed by atoms with Crippen LogP contribution in [0.15, 0.2) is 65.6 Å². The van der Waals surface area contributed by atoms with Crippen LogP contribution in [0.5, 0.6) is 5.75 Å². The fourth-order valence-electron chi connectivity index (χ4n) is 7.77. The minimum absolute atomic E-state index is 0.102. The molecule has 2 aromatic carbocycles. The molecule has 1 aromatic heterocycles. The zero-order valence-electron chi connectivity index (χ0n) is 22.8. The van der Waals surface area contributed by atoms with E-state index in [1.165, 1.54) is 40.5 Å². The summed E-state index contributed by atoms with van der Waals surface area (Å²) in [6, 6.07) is 12.0. The van der Waals surface area contributed by atoms with E-state index >= 15 is 0 Å². The largest absolute Gasteiger partial charge is 0.508 e. The van der Waals surface area contributed by atoms with E-state index in [0.29, 0.717) is 17.0 Å². The van der Waals surface area contributed by atoms with E-state index in [4.69, 9.17) is 23.2 Å². The summed E-state index contributed by atoms with van der Waals surface area (Å²) in [7, 11) is 0. The van der Waals surface area contributed by atoms with E-state index < -0.39 is 52.6 Å². The number of carbonyl (C=O) groups excluding carboxylic acids is 4. The number of nitrogens with zero attached hydrogens (tertiary/aromatic N) is 2. The van der Waals surface area contributed by atoms with Gasteiger partial charge in [-0.25, -0.2) is 9.29 Å². The molecule has 2 saturated heterocycles. The summed E-state index contributed by atoms with van der Waals surface area (Å²) < 4.78 is 14.0. The van der Waals surface area contributed by atoms with Crippen molar-refractivity contribution in [3.8, 4) is 5.75 Å². The Bertz CT molecular complexity index is 1760. The van der Waals surface area contributed by atoms with Crippen molar-refractivity contribution in [1.29, 1.82) is 0 Å².